The number of esters is 1. The van der Waals surface area contributed by atoms with Crippen molar-refractivity contribution in [3.63, 3.8) is 0 Å². The van der Waals surface area contributed by atoms with Gasteiger partial charge in [0.25, 0.3) is 0 Å². The molecule has 0 saturated carbocycles. The van der Waals surface area contributed by atoms with Crippen LogP contribution in [0.1, 0.15) is 30.6 Å². The van der Waals surface area contributed by atoms with Crippen LogP contribution in [0, 0.1) is 0 Å². The lowest BCUT2D eigenvalue weighted by molar-refractivity contribution is -0.145. The Kier molecular flexibility index (Phi) is 5.05. The average molecular weight is 249 g/mol. The Balaban J connectivity index is 2.70. The van der Waals surface area contributed by atoms with Crippen molar-refractivity contribution in [1.82, 2.24) is 0 Å². The summed E-state index contributed by atoms with van der Waals surface area (Å²) in [5.41, 5.74) is 0.814. The zero-order valence-electron chi connectivity index (χ0n) is 10.4. The van der Waals surface area contributed by atoms with Crippen molar-refractivity contribution in [3.05, 3.63) is 29.8 Å². The molecule has 96 valence electrons. The van der Waals surface area contributed by atoms with Crippen molar-refractivity contribution in [1.29, 1.82) is 0 Å². The number of para-hydroxylation sites is 1. The van der Waals surface area contributed by atoms with Crippen LogP contribution in [0.2, 0.25) is 0 Å². The van der Waals surface area contributed by atoms with E-state index in [1.807, 2.05) is 0 Å². The molecular weight excluding hydrogens is 234 g/mol. The minimum Gasteiger partial charge on any atom is -0.466 e. The topological polar surface area (TPSA) is 72.5 Å². The molecule has 18 heavy (non-hydrogen) atoms. The normalized spacial score (nSPS) is 9.67. The van der Waals surface area contributed by atoms with Gasteiger partial charge >= 0.3 is 5.97 Å². The van der Waals surface area contributed by atoms with Crippen LogP contribution >= 0.6 is 0 Å². The maximum atomic E-state index is 11.5. The predicted octanol–water partition coefficient (Wildman–Crippen LogP) is 1.78. The molecule has 1 amide bonds. The standard InChI is InChI=1S/C13H15NO4/c1-3-18-13(17)8-12(16)14-11-7-5-4-6-10(11)9(2)15/h4-7H,3,8H2,1-2H3,(H,14,16). The molecule has 0 aromatic heterocycles. The fraction of sp³-hybridized carbons (Fsp3) is 0.308. The molecular formula is C13H15NO4. The zero-order chi connectivity index (χ0) is 13.5. The minimum absolute atomic E-state index is 0.151. The van der Waals surface area contributed by atoms with Gasteiger partial charge in [-0.2, -0.15) is 0 Å². The van der Waals surface area contributed by atoms with E-state index in [-0.39, 0.29) is 18.8 Å². The molecule has 1 aromatic rings. The lowest BCUT2D eigenvalue weighted by atomic mass is 10.1. The van der Waals surface area contributed by atoms with Gasteiger partial charge in [-0.3, -0.25) is 14.4 Å². The molecule has 0 spiro atoms. The third-order valence-electron chi connectivity index (χ3n) is 2.19. The number of carbonyl (C=O) groups is 3. The molecule has 0 aliphatic heterocycles. The van der Waals surface area contributed by atoms with Gasteiger partial charge in [-0.05, 0) is 26.0 Å². The lowest BCUT2D eigenvalue weighted by Gasteiger charge is -2.08. The van der Waals surface area contributed by atoms with Crippen LogP contribution in [0.4, 0.5) is 5.69 Å². The molecule has 0 fully saturated rings. The molecule has 1 N–H and O–H groups in total. The van der Waals surface area contributed by atoms with Gasteiger partial charge in [0.1, 0.15) is 6.42 Å². The Labute approximate surface area is 105 Å². The predicted molar refractivity (Wildman–Crippen MR) is 66.3 cm³/mol. The molecule has 5 heteroatoms. The highest BCUT2D eigenvalue weighted by Crippen LogP contribution is 2.15. The van der Waals surface area contributed by atoms with Gasteiger partial charge in [0.15, 0.2) is 5.78 Å². The van der Waals surface area contributed by atoms with Crippen LogP contribution in [-0.4, -0.2) is 24.3 Å². The molecule has 1 rings (SSSR count). The molecule has 0 heterocycles. The molecule has 0 saturated heterocycles. The number of hydrogen-bond acceptors (Lipinski definition) is 4. The van der Waals surface area contributed by atoms with Crippen LogP contribution < -0.4 is 5.32 Å². The smallest absolute Gasteiger partial charge is 0.315 e. The Morgan fingerprint density at radius 1 is 1.22 bits per heavy atom. The Morgan fingerprint density at radius 3 is 2.50 bits per heavy atom. The van der Waals surface area contributed by atoms with Crippen LogP contribution in [0.25, 0.3) is 0 Å². The fourth-order valence-corrected chi connectivity index (χ4v) is 1.44. The first-order valence-corrected chi connectivity index (χ1v) is 5.60. The number of ether oxygens (including phenoxy) is 1. The van der Waals surface area contributed by atoms with Gasteiger partial charge in [0, 0.05) is 5.56 Å². The number of carbonyl (C=O) groups excluding carboxylic acids is 3. The second-order valence-corrected chi connectivity index (χ2v) is 3.63. The maximum Gasteiger partial charge on any atom is 0.315 e. The SMILES string of the molecule is CCOC(=O)CC(=O)Nc1ccccc1C(C)=O. The van der Waals surface area contributed by atoms with Gasteiger partial charge < -0.3 is 10.1 Å². The van der Waals surface area contributed by atoms with Crippen molar-refractivity contribution < 1.29 is 19.1 Å². The number of rotatable bonds is 5. The highest BCUT2D eigenvalue weighted by Gasteiger charge is 2.13. The van der Waals surface area contributed by atoms with E-state index in [9.17, 15) is 14.4 Å². The van der Waals surface area contributed by atoms with Gasteiger partial charge in [0.2, 0.25) is 5.91 Å². The zero-order valence-corrected chi connectivity index (χ0v) is 10.4. The Hall–Kier alpha value is -2.17. The number of Topliss-reactive ketones (excluding diaryl/α,β-unsaturated/α-hetero) is 1. The van der Waals surface area contributed by atoms with E-state index in [1.54, 1.807) is 31.2 Å². The number of ketones is 1. The van der Waals surface area contributed by atoms with Crippen LogP contribution in [0.5, 0.6) is 0 Å². The Morgan fingerprint density at radius 2 is 1.89 bits per heavy atom. The summed E-state index contributed by atoms with van der Waals surface area (Å²) in [7, 11) is 0. The molecule has 0 aliphatic rings. The molecule has 0 unspecified atom stereocenters. The van der Waals surface area contributed by atoms with Crippen molar-refractivity contribution in [2.24, 2.45) is 0 Å². The third-order valence-corrected chi connectivity index (χ3v) is 2.19. The lowest BCUT2D eigenvalue weighted by Crippen LogP contribution is -2.19. The van der Waals surface area contributed by atoms with E-state index < -0.39 is 11.9 Å². The number of hydrogen-bond donors (Lipinski definition) is 1. The second kappa shape index (κ2) is 6.54. The first-order chi connectivity index (χ1) is 8.54. The molecule has 5 nitrogen and oxygen atoms in total. The summed E-state index contributed by atoms with van der Waals surface area (Å²) < 4.78 is 4.66. The summed E-state index contributed by atoms with van der Waals surface area (Å²) in [4.78, 5) is 34.0. The van der Waals surface area contributed by atoms with Crippen LogP contribution in [0.3, 0.4) is 0 Å². The summed E-state index contributed by atoms with van der Waals surface area (Å²) in [6.45, 7) is 3.31. The largest absolute Gasteiger partial charge is 0.466 e. The summed E-state index contributed by atoms with van der Waals surface area (Å²) in [5.74, 6) is -1.24. The molecule has 1 aromatic carbocycles. The van der Waals surface area contributed by atoms with E-state index in [1.165, 1.54) is 6.92 Å². The highest BCUT2D eigenvalue weighted by atomic mass is 16.5. The molecule has 0 aliphatic carbocycles. The van der Waals surface area contributed by atoms with E-state index in [0.29, 0.717) is 11.3 Å². The van der Waals surface area contributed by atoms with E-state index in [0.717, 1.165) is 0 Å². The highest BCUT2D eigenvalue weighted by molar-refractivity contribution is 6.07. The maximum absolute atomic E-state index is 11.5. The minimum atomic E-state index is -0.588. The fourth-order valence-electron chi connectivity index (χ4n) is 1.44. The molecule has 0 radical (unpaired) electrons. The van der Waals surface area contributed by atoms with Crippen molar-refractivity contribution in [3.8, 4) is 0 Å². The first-order valence-electron chi connectivity index (χ1n) is 5.60. The van der Waals surface area contributed by atoms with Gasteiger partial charge in [-0.15, -0.1) is 0 Å². The van der Waals surface area contributed by atoms with Crippen LogP contribution in [0.15, 0.2) is 24.3 Å². The van der Waals surface area contributed by atoms with Gasteiger partial charge in [0.05, 0.1) is 12.3 Å². The second-order valence-electron chi connectivity index (χ2n) is 3.63. The summed E-state index contributed by atoms with van der Waals surface area (Å²) in [5, 5.41) is 2.52. The molecule has 0 bridgehead atoms. The van der Waals surface area contributed by atoms with Crippen molar-refractivity contribution >= 4 is 23.3 Å². The van der Waals surface area contributed by atoms with Gasteiger partial charge in [-0.25, -0.2) is 0 Å². The van der Waals surface area contributed by atoms with E-state index in [4.69, 9.17) is 0 Å². The first kappa shape index (κ1) is 13.9. The van der Waals surface area contributed by atoms with E-state index in [2.05, 4.69) is 10.1 Å². The third kappa shape index (κ3) is 4.01. The monoisotopic (exact) mass is 249 g/mol. The summed E-state index contributed by atoms with van der Waals surface area (Å²) >= 11 is 0. The number of benzene rings is 1. The summed E-state index contributed by atoms with van der Waals surface area (Å²) in [6, 6.07) is 6.63. The van der Waals surface area contributed by atoms with E-state index >= 15 is 0 Å². The average Bonchev–Trinajstić information content (AvgIpc) is 2.29. The number of anilines is 1. The van der Waals surface area contributed by atoms with Crippen LogP contribution in [-0.2, 0) is 14.3 Å². The quantitative estimate of drug-likeness (QED) is 0.490. The number of nitrogens with one attached hydrogen (secondary N) is 1. The molecule has 0 atom stereocenters. The Bertz CT molecular complexity index is 468. The number of amides is 1. The van der Waals surface area contributed by atoms with Gasteiger partial charge in [-0.1, -0.05) is 12.1 Å². The summed E-state index contributed by atoms with van der Waals surface area (Å²) in [6.07, 6.45) is -0.361. The van der Waals surface area contributed by atoms with Crippen molar-refractivity contribution in [2.45, 2.75) is 20.3 Å². The van der Waals surface area contributed by atoms with Crippen molar-refractivity contribution in [2.75, 3.05) is 11.9 Å².